The van der Waals surface area contributed by atoms with Gasteiger partial charge in [-0.15, -0.1) is 0 Å². The number of aliphatic carboxylic acids is 1. The molecule has 8 heavy (non-hydrogen) atoms. The molecule has 0 aliphatic heterocycles. The van der Waals surface area contributed by atoms with E-state index in [-0.39, 0.29) is 31.7 Å². The van der Waals surface area contributed by atoms with Crippen molar-refractivity contribution in [1.82, 2.24) is 0 Å². The van der Waals surface area contributed by atoms with E-state index < -0.39 is 5.97 Å². The summed E-state index contributed by atoms with van der Waals surface area (Å²) < 4.78 is 0. The van der Waals surface area contributed by atoms with Crippen LogP contribution in [0.3, 0.4) is 0 Å². The molecular weight excluding hydrogens is 197 g/mol. The summed E-state index contributed by atoms with van der Waals surface area (Å²) in [5.41, 5.74) is 0. The molecule has 0 unspecified atom stereocenters. The first-order valence-electron chi connectivity index (χ1n) is 1.84. The summed E-state index contributed by atoms with van der Waals surface area (Å²) in [6.45, 7) is 1.24. The topological polar surface area (TPSA) is 54.4 Å². The molecule has 1 N–H and O–H groups in total. The second-order valence-corrected chi connectivity index (χ2v) is 1.27. The van der Waals surface area contributed by atoms with Crippen molar-refractivity contribution in [3.8, 4) is 0 Å². The molecule has 0 aromatic rings. The van der Waals surface area contributed by atoms with Gasteiger partial charge in [0.2, 0.25) is 0 Å². The summed E-state index contributed by atoms with van der Waals surface area (Å²) in [5.74, 6) is -1.37. The Bertz CT molecular complexity index is 87.5. The van der Waals surface area contributed by atoms with Crippen LogP contribution in [0.15, 0.2) is 0 Å². The Hall–Kier alpha value is -0.237. The molecule has 0 aromatic carbocycles. The summed E-state index contributed by atoms with van der Waals surface area (Å²) in [6, 6.07) is 0. The van der Waals surface area contributed by atoms with Gasteiger partial charge in [0.25, 0.3) is 0 Å². The molecule has 0 aliphatic rings. The number of carboxylic acids is 1. The monoisotopic (exact) mass is 204 g/mol. The van der Waals surface area contributed by atoms with Crippen molar-refractivity contribution in [3.63, 3.8) is 0 Å². The van der Waals surface area contributed by atoms with E-state index in [9.17, 15) is 9.59 Å². The van der Waals surface area contributed by atoms with Crippen LogP contribution in [0.5, 0.6) is 0 Å². The van der Waals surface area contributed by atoms with Gasteiger partial charge in [-0.1, -0.05) is 0 Å². The first-order chi connectivity index (χ1) is 3.13. The molecule has 3 nitrogen and oxygen atoms in total. The number of ketones is 1. The average Bonchev–Trinajstić information content (AvgIpc) is 1.27. The summed E-state index contributed by atoms with van der Waals surface area (Å²) in [5, 5.41) is 7.86. The van der Waals surface area contributed by atoms with Crippen molar-refractivity contribution >= 4 is 11.8 Å². The van der Waals surface area contributed by atoms with Gasteiger partial charge in [0, 0.05) is 19.5 Å². The zero-order valence-corrected chi connectivity index (χ0v) is 6.06. The van der Waals surface area contributed by atoms with Crippen molar-refractivity contribution in [3.05, 3.63) is 0 Å². The standard InChI is InChI=1S/C4H6O3.Ru/c1-3(5)2-4(6)7;/h2H2,1H3,(H,6,7);. The Morgan fingerprint density at radius 1 is 1.50 bits per heavy atom. The molecule has 4 heteroatoms. The Morgan fingerprint density at radius 2 is 1.88 bits per heavy atom. The van der Waals surface area contributed by atoms with Crippen molar-refractivity contribution in [2.45, 2.75) is 13.3 Å². The molecule has 0 aromatic heterocycles. The van der Waals surface area contributed by atoms with Gasteiger partial charge in [0.1, 0.15) is 12.2 Å². The molecule has 0 aliphatic carbocycles. The van der Waals surface area contributed by atoms with Gasteiger partial charge in [-0.2, -0.15) is 0 Å². The number of rotatable bonds is 2. The van der Waals surface area contributed by atoms with Gasteiger partial charge in [-0.05, 0) is 6.92 Å². The third-order valence-corrected chi connectivity index (χ3v) is 0.400. The molecule has 0 fully saturated rings. The van der Waals surface area contributed by atoms with E-state index in [1.54, 1.807) is 0 Å². The van der Waals surface area contributed by atoms with E-state index in [1.165, 1.54) is 6.92 Å². The summed E-state index contributed by atoms with van der Waals surface area (Å²) in [4.78, 5) is 19.5. The van der Waals surface area contributed by atoms with Crippen molar-refractivity contribution in [2.24, 2.45) is 0 Å². The Labute approximate surface area is 59.8 Å². The Kier molecular flexibility index (Phi) is 6.56. The van der Waals surface area contributed by atoms with E-state index >= 15 is 0 Å². The van der Waals surface area contributed by atoms with Crippen LogP contribution in [-0.4, -0.2) is 16.9 Å². The summed E-state index contributed by atoms with van der Waals surface area (Å²) in [7, 11) is 0. The number of hydrogen-bond donors (Lipinski definition) is 1. The van der Waals surface area contributed by atoms with Gasteiger partial charge in [-0.25, -0.2) is 0 Å². The van der Waals surface area contributed by atoms with Crippen LogP contribution >= 0.6 is 0 Å². The van der Waals surface area contributed by atoms with Crippen LogP contribution in [-0.2, 0) is 29.1 Å². The van der Waals surface area contributed by atoms with Crippen molar-refractivity contribution in [2.75, 3.05) is 0 Å². The van der Waals surface area contributed by atoms with E-state index in [1.807, 2.05) is 0 Å². The minimum atomic E-state index is -1.06. The molecular formula is C4H6O3Ru. The normalized spacial score (nSPS) is 7.12. The minimum absolute atomic E-state index is 0. The van der Waals surface area contributed by atoms with E-state index in [2.05, 4.69) is 0 Å². The van der Waals surface area contributed by atoms with E-state index in [0.29, 0.717) is 0 Å². The molecule has 0 spiro atoms. The number of carbonyl (C=O) groups excluding carboxylic acids is 1. The quantitative estimate of drug-likeness (QED) is 0.509. The maximum Gasteiger partial charge on any atom is 0.310 e. The minimum Gasteiger partial charge on any atom is -0.481 e. The van der Waals surface area contributed by atoms with Gasteiger partial charge in [-0.3, -0.25) is 9.59 Å². The van der Waals surface area contributed by atoms with Gasteiger partial charge in [0.05, 0.1) is 0 Å². The second-order valence-electron chi connectivity index (χ2n) is 1.27. The van der Waals surface area contributed by atoms with Crippen LogP contribution in [0.2, 0.25) is 0 Å². The molecule has 0 heterocycles. The molecule has 48 valence electrons. The zero-order chi connectivity index (χ0) is 5.86. The number of carbonyl (C=O) groups is 2. The van der Waals surface area contributed by atoms with Crippen LogP contribution in [0.25, 0.3) is 0 Å². The molecule has 0 rings (SSSR count). The van der Waals surface area contributed by atoms with E-state index in [4.69, 9.17) is 5.11 Å². The number of Topliss-reactive ketones (excluding diaryl/α,β-unsaturated/α-hetero) is 1. The molecule has 0 saturated heterocycles. The van der Waals surface area contributed by atoms with Crippen molar-refractivity contribution < 1.29 is 34.2 Å². The predicted molar refractivity (Wildman–Crippen MR) is 22.9 cm³/mol. The summed E-state index contributed by atoms with van der Waals surface area (Å²) >= 11 is 0. The zero-order valence-electron chi connectivity index (χ0n) is 4.32. The Balaban J connectivity index is 0. The fourth-order valence-corrected chi connectivity index (χ4v) is 0.213. The fraction of sp³-hybridized carbons (Fsp3) is 0.500. The fourth-order valence-electron chi connectivity index (χ4n) is 0.213. The van der Waals surface area contributed by atoms with Crippen molar-refractivity contribution in [1.29, 1.82) is 0 Å². The van der Waals surface area contributed by atoms with Crippen LogP contribution in [0.4, 0.5) is 0 Å². The molecule has 0 bridgehead atoms. The molecule has 0 radical (unpaired) electrons. The smallest absolute Gasteiger partial charge is 0.310 e. The largest absolute Gasteiger partial charge is 0.481 e. The van der Waals surface area contributed by atoms with Gasteiger partial charge >= 0.3 is 5.97 Å². The summed E-state index contributed by atoms with van der Waals surface area (Å²) in [6.07, 6.45) is -0.361. The average molecular weight is 203 g/mol. The number of hydrogen-bond acceptors (Lipinski definition) is 2. The maximum atomic E-state index is 9.87. The van der Waals surface area contributed by atoms with E-state index in [0.717, 1.165) is 0 Å². The molecule has 0 saturated carbocycles. The number of carboxylic acid groups (broad SMARTS) is 1. The SMILES string of the molecule is CC(=O)CC(=O)O.[Ru]. The third kappa shape index (κ3) is 9.23. The third-order valence-electron chi connectivity index (χ3n) is 0.400. The first kappa shape index (κ1) is 10.7. The van der Waals surface area contributed by atoms with Crippen LogP contribution in [0.1, 0.15) is 13.3 Å². The van der Waals surface area contributed by atoms with Crippen LogP contribution < -0.4 is 0 Å². The predicted octanol–water partition coefficient (Wildman–Crippen LogP) is 0.0476. The first-order valence-corrected chi connectivity index (χ1v) is 1.84. The molecule has 0 amide bonds. The second kappa shape index (κ2) is 4.91. The molecule has 0 atom stereocenters. The van der Waals surface area contributed by atoms with Gasteiger partial charge < -0.3 is 5.11 Å². The Morgan fingerprint density at radius 3 is 1.88 bits per heavy atom. The van der Waals surface area contributed by atoms with Gasteiger partial charge in [0.15, 0.2) is 0 Å². The maximum absolute atomic E-state index is 9.87. The van der Waals surface area contributed by atoms with Crippen LogP contribution in [0, 0.1) is 0 Å².